The third kappa shape index (κ3) is 2.64. The Morgan fingerprint density at radius 1 is 1.55 bits per heavy atom. The van der Waals surface area contributed by atoms with E-state index in [2.05, 4.69) is 0 Å². The minimum Gasteiger partial charge on any atom is -0.479 e. The highest BCUT2D eigenvalue weighted by molar-refractivity contribution is 6.33. The number of Topliss-reactive ketones (excluding diaryl/α,β-unsaturated/α-hetero) is 1. The average molecular weight is 298 g/mol. The van der Waals surface area contributed by atoms with E-state index in [0.29, 0.717) is 17.0 Å². The molecule has 0 spiro atoms. The van der Waals surface area contributed by atoms with E-state index in [-0.39, 0.29) is 18.4 Å². The van der Waals surface area contributed by atoms with Crippen LogP contribution in [-0.2, 0) is 9.53 Å². The van der Waals surface area contributed by atoms with Crippen LogP contribution in [0.5, 0.6) is 5.75 Å². The Balaban J connectivity index is 2.45. The molecule has 1 aromatic rings. The van der Waals surface area contributed by atoms with Gasteiger partial charge in [0.15, 0.2) is 11.9 Å². The molecule has 1 amide bonds. The van der Waals surface area contributed by atoms with E-state index in [1.165, 1.54) is 12.0 Å². The molecule has 1 aliphatic rings. The molecule has 2 unspecified atom stereocenters. The van der Waals surface area contributed by atoms with Gasteiger partial charge in [-0.25, -0.2) is 0 Å². The van der Waals surface area contributed by atoms with Gasteiger partial charge in [-0.2, -0.15) is 0 Å². The first-order valence-corrected chi connectivity index (χ1v) is 6.68. The molecule has 2 rings (SSSR count). The summed E-state index contributed by atoms with van der Waals surface area (Å²) in [4.78, 5) is 25.5. The molecule has 0 radical (unpaired) electrons. The molecule has 0 N–H and O–H groups in total. The van der Waals surface area contributed by atoms with Crippen molar-refractivity contribution in [2.75, 3.05) is 18.7 Å². The molecule has 0 aliphatic carbocycles. The highest BCUT2D eigenvalue weighted by Gasteiger charge is 2.32. The van der Waals surface area contributed by atoms with Gasteiger partial charge in [0.05, 0.1) is 11.1 Å². The third-order valence-corrected chi connectivity index (χ3v) is 3.27. The van der Waals surface area contributed by atoms with Crippen molar-refractivity contribution >= 4 is 29.0 Å². The van der Waals surface area contributed by atoms with Crippen LogP contribution in [0.2, 0.25) is 0 Å². The smallest absolute Gasteiger partial charge is 0.269 e. The maximum absolute atomic E-state index is 12.1. The van der Waals surface area contributed by atoms with Gasteiger partial charge in [0, 0.05) is 12.7 Å². The number of halogens is 1. The van der Waals surface area contributed by atoms with E-state index in [4.69, 9.17) is 21.1 Å². The van der Waals surface area contributed by atoms with Gasteiger partial charge in [-0.15, -0.1) is 11.6 Å². The number of hydrogen-bond donors (Lipinski definition) is 0. The number of hydrogen-bond acceptors (Lipinski definition) is 4. The number of fused-ring (bicyclic) bond motifs is 1. The molecular formula is C14H16ClNO4. The van der Waals surface area contributed by atoms with E-state index in [9.17, 15) is 9.59 Å². The Morgan fingerprint density at radius 3 is 2.85 bits per heavy atom. The van der Waals surface area contributed by atoms with Crippen molar-refractivity contribution in [1.82, 2.24) is 0 Å². The topological polar surface area (TPSA) is 55.8 Å². The second-order valence-corrected chi connectivity index (χ2v) is 5.26. The van der Waals surface area contributed by atoms with E-state index in [0.717, 1.165) is 0 Å². The summed E-state index contributed by atoms with van der Waals surface area (Å²) in [5.41, 5.74) is 0.969. The fourth-order valence-electron chi connectivity index (χ4n) is 2.05. The molecule has 5 nitrogen and oxygen atoms in total. The lowest BCUT2D eigenvalue weighted by molar-refractivity contribution is -0.126. The van der Waals surface area contributed by atoms with Crippen molar-refractivity contribution < 1.29 is 19.1 Å². The van der Waals surface area contributed by atoms with Crippen LogP contribution in [0, 0.1) is 0 Å². The van der Waals surface area contributed by atoms with Gasteiger partial charge < -0.3 is 9.47 Å². The van der Waals surface area contributed by atoms with Gasteiger partial charge in [-0.1, -0.05) is 0 Å². The van der Waals surface area contributed by atoms with Crippen molar-refractivity contribution in [3.8, 4) is 5.75 Å². The number of carbonyl (C=O) groups is 2. The molecule has 0 aromatic heterocycles. The number of rotatable bonds is 4. The first kappa shape index (κ1) is 14.8. The number of ketones is 1. The summed E-state index contributed by atoms with van der Waals surface area (Å²) in [6, 6.07) is 4.93. The standard InChI is InChI=1S/C14H16ClNO4/c1-8(15)13(17)10-4-5-12-11(6-10)16(7-19-3)14(18)9(2)20-12/h4-6,8-9H,7H2,1-3H3. The fourth-order valence-corrected chi connectivity index (χ4v) is 2.18. The van der Waals surface area contributed by atoms with Crippen molar-refractivity contribution in [1.29, 1.82) is 0 Å². The molecule has 0 bridgehead atoms. The lowest BCUT2D eigenvalue weighted by Crippen LogP contribution is -2.45. The number of benzene rings is 1. The summed E-state index contributed by atoms with van der Waals surface area (Å²) in [6.07, 6.45) is -0.578. The molecule has 2 atom stereocenters. The van der Waals surface area contributed by atoms with Crippen LogP contribution in [0.3, 0.4) is 0 Å². The minimum absolute atomic E-state index is 0.105. The first-order valence-electron chi connectivity index (χ1n) is 6.25. The zero-order valence-electron chi connectivity index (χ0n) is 11.6. The molecule has 1 heterocycles. The summed E-state index contributed by atoms with van der Waals surface area (Å²) in [5, 5.41) is -0.622. The molecular weight excluding hydrogens is 282 g/mol. The van der Waals surface area contributed by atoms with Crippen LogP contribution in [0.4, 0.5) is 5.69 Å². The maximum atomic E-state index is 12.1. The second-order valence-electron chi connectivity index (χ2n) is 4.61. The van der Waals surface area contributed by atoms with Crippen molar-refractivity contribution in [2.45, 2.75) is 25.3 Å². The summed E-state index contributed by atoms with van der Waals surface area (Å²) in [7, 11) is 1.50. The molecule has 1 aliphatic heterocycles. The number of anilines is 1. The predicted octanol–water partition coefficient (Wildman–Crippen LogP) is 2.21. The maximum Gasteiger partial charge on any atom is 0.269 e. The fraction of sp³-hybridized carbons (Fsp3) is 0.429. The lowest BCUT2D eigenvalue weighted by Gasteiger charge is -2.32. The van der Waals surface area contributed by atoms with Crippen molar-refractivity contribution in [3.63, 3.8) is 0 Å². The Kier molecular flexibility index (Phi) is 4.30. The number of alkyl halides is 1. The van der Waals surface area contributed by atoms with Crippen molar-refractivity contribution in [2.24, 2.45) is 0 Å². The van der Waals surface area contributed by atoms with Crippen LogP contribution < -0.4 is 9.64 Å². The highest BCUT2D eigenvalue weighted by Crippen LogP contribution is 2.35. The summed E-state index contributed by atoms with van der Waals surface area (Å²) in [5.74, 6) is 0.147. The van der Waals surface area contributed by atoms with Crippen LogP contribution in [0.25, 0.3) is 0 Å². The minimum atomic E-state index is -0.622. The van der Waals surface area contributed by atoms with E-state index in [1.54, 1.807) is 32.0 Å². The SMILES string of the molecule is COCN1C(=O)C(C)Oc2ccc(C(=O)C(C)Cl)cc21. The quantitative estimate of drug-likeness (QED) is 0.631. The number of ether oxygens (including phenoxy) is 2. The molecule has 6 heteroatoms. The lowest BCUT2D eigenvalue weighted by atomic mass is 10.1. The normalized spacial score (nSPS) is 19.3. The number of nitrogens with zero attached hydrogens (tertiary/aromatic N) is 1. The Morgan fingerprint density at radius 2 is 2.25 bits per heavy atom. The zero-order valence-corrected chi connectivity index (χ0v) is 12.3. The summed E-state index contributed by atoms with van der Waals surface area (Å²) >= 11 is 5.81. The largest absolute Gasteiger partial charge is 0.479 e. The van der Waals surface area contributed by atoms with Crippen LogP contribution in [-0.4, -0.2) is 37.0 Å². The molecule has 0 fully saturated rings. The molecule has 0 saturated heterocycles. The van der Waals surface area contributed by atoms with Gasteiger partial charge in [0.1, 0.15) is 12.5 Å². The van der Waals surface area contributed by atoms with Gasteiger partial charge in [0.25, 0.3) is 5.91 Å². The predicted molar refractivity (Wildman–Crippen MR) is 75.5 cm³/mol. The summed E-state index contributed by atoms with van der Waals surface area (Å²) < 4.78 is 10.6. The number of carbonyl (C=O) groups excluding carboxylic acids is 2. The van der Waals surface area contributed by atoms with Crippen molar-refractivity contribution in [3.05, 3.63) is 23.8 Å². The van der Waals surface area contributed by atoms with Gasteiger partial charge >= 0.3 is 0 Å². The Bertz CT molecular complexity index is 544. The van der Waals surface area contributed by atoms with Gasteiger partial charge in [-0.05, 0) is 32.0 Å². The van der Waals surface area contributed by atoms with Crippen LogP contribution >= 0.6 is 11.6 Å². The highest BCUT2D eigenvalue weighted by atomic mass is 35.5. The third-order valence-electron chi connectivity index (χ3n) is 3.07. The molecule has 108 valence electrons. The number of amides is 1. The monoisotopic (exact) mass is 297 g/mol. The molecule has 1 aromatic carbocycles. The van der Waals surface area contributed by atoms with E-state index >= 15 is 0 Å². The van der Waals surface area contributed by atoms with E-state index < -0.39 is 11.5 Å². The zero-order chi connectivity index (χ0) is 14.9. The van der Waals surface area contributed by atoms with Crippen LogP contribution in [0.15, 0.2) is 18.2 Å². The average Bonchev–Trinajstić information content (AvgIpc) is 2.42. The van der Waals surface area contributed by atoms with Gasteiger partial charge in [-0.3, -0.25) is 14.5 Å². The second kappa shape index (κ2) is 5.81. The molecule has 20 heavy (non-hydrogen) atoms. The molecule has 0 saturated carbocycles. The summed E-state index contributed by atoms with van der Waals surface area (Å²) in [6.45, 7) is 3.39. The van der Waals surface area contributed by atoms with Gasteiger partial charge in [0.2, 0.25) is 0 Å². The van der Waals surface area contributed by atoms with E-state index in [1.807, 2.05) is 0 Å². The number of methoxy groups -OCH3 is 1. The van der Waals surface area contributed by atoms with Crippen LogP contribution in [0.1, 0.15) is 24.2 Å². The Hall–Kier alpha value is -1.59. The first-order chi connectivity index (χ1) is 9.45. The Labute approximate surface area is 122 Å².